The molecule has 0 bridgehead atoms. The van der Waals surface area contributed by atoms with Crippen LogP contribution >= 0.6 is 0 Å². The molecule has 0 unspecified atom stereocenters. The van der Waals surface area contributed by atoms with Crippen LogP contribution in [0.4, 0.5) is 5.69 Å². The number of nitrogens with zero attached hydrogens (tertiary/aromatic N) is 7. The van der Waals surface area contributed by atoms with E-state index in [2.05, 4.69) is 47.6 Å². The van der Waals surface area contributed by atoms with E-state index in [-0.39, 0.29) is 74.2 Å². The number of halogens is 4. The van der Waals surface area contributed by atoms with Crippen molar-refractivity contribution in [2.45, 2.75) is 13.1 Å². The first-order valence-electron chi connectivity index (χ1n) is 16.0. The first-order valence-corrected chi connectivity index (χ1v) is 16.0. The van der Waals surface area contributed by atoms with Crippen LogP contribution in [0.5, 0.6) is 5.88 Å². The first kappa shape index (κ1) is 47.6. The summed E-state index contributed by atoms with van der Waals surface area (Å²) in [6, 6.07) is 3.48. The molecule has 50 heavy (non-hydrogen) atoms. The van der Waals surface area contributed by atoms with Crippen molar-refractivity contribution in [2.24, 2.45) is 4.99 Å². The van der Waals surface area contributed by atoms with E-state index in [0.29, 0.717) is 87.8 Å². The third kappa shape index (κ3) is 10.8. The van der Waals surface area contributed by atoms with Gasteiger partial charge in [0, 0.05) is 22.0 Å². The van der Waals surface area contributed by atoms with Crippen molar-refractivity contribution in [1.29, 1.82) is 0 Å². The van der Waals surface area contributed by atoms with Crippen molar-refractivity contribution >= 4 is 27.2 Å². The molecule has 4 rings (SSSR count). The summed E-state index contributed by atoms with van der Waals surface area (Å²) in [6.45, 7) is 4.21. The fraction of sp³-hybridized carbons (Fsp3) is 0.588. The van der Waals surface area contributed by atoms with Crippen molar-refractivity contribution in [1.82, 2.24) is 9.13 Å². The van der Waals surface area contributed by atoms with Gasteiger partial charge in [-0.25, -0.2) is 0 Å². The topological polar surface area (TPSA) is 106 Å². The lowest BCUT2D eigenvalue weighted by Gasteiger charge is -2.27. The molecule has 12 nitrogen and oxygen atoms in total. The van der Waals surface area contributed by atoms with E-state index in [4.69, 9.17) is 4.99 Å². The molecule has 2 aromatic rings. The molecule has 1 aliphatic heterocycles. The van der Waals surface area contributed by atoms with Gasteiger partial charge in [-0.2, -0.15) is 0 Å². The zero-order valence-electron chi connectivity index (χ0n) is 31.6. The Kier molecular flexibility index (Phi) is 16.1. The largest absolute Gasteiger partial charge is 1.00 e. The summed E-state index contributed by atoms with van der Waals surface area (Å²) in [4.78, 5) is 47.7. The minimum Gasteiger partial charge on any atom is -1.00 e. The van der Waals surface area contributed by atoms with Crippen molar-refractivity contribution in [2.75, 3.05) is 129 Å². The molecular weight excluding hydrogens is 726 g/mol. The number of aromatic hydroxyl groups is 1. The number of aromatic nitrogens is 2. The summed E-state index contributed by atoms with van der Waals surface area (Å²) < 4.78 is 5.31. The zero-order chi connectivity index (χ0) is 34.6. The molecule has 0 saturated heterocycles. The maximum atomic E-state index is 14.3. The molecule has 0 radical (unpaired) electrons. The molecule has 1 aliphatic carbocycles. The predicted molar refractivity (Wildman–Crippen MR) is 187 cm³/mol. The maximum absolute atomic E-state index is 14.3. The Hall–Kier alpha value is -2.42. The summed E-state index contributed by atoms with van der Waals surface area (Å²) in [7, 11) is 24.7. The van der Waals surface area contributed by atoms with E-state index in [1.165, 1.54) is 9.13 Å². The van der Waals surface area contributed by atoms with E-state index in [0.717, 1.165) is 13.1 Å². The van der Waals surface area contributed by atoms with Gasteiger partial charge in [-0.1, -0.05) is 0 Å². The number of benzene rings is 2. The molecule has 0 saturated carbocycles. The van der Waals surface area contributed by atoms with Gasteiger partial charge in [-0.3, -0.25) is 28.5 Å². The van der Waals surface area contributed by atoms with E-state index < -0.39 is 11.1 Å². The number of hydrogen-bond donors (Lipinski definition) is 2. The zero-order valence-corrected chi connectivity index (χ0v) is 34.6. The van der Waals surface area contributed by atoms with Gasteiger partial charge < -0.3 is 78.0 Å². The number of anilines is 1. The normalized spacial score (nSPS) is 12.8. The van der Waals surface area contributed by atoms with E-state index in [1.54, 1.807) is 12.1 Å². The van der Waals surface area contributed by atoms with Crippen molar-refractivity contribution in [3.8, 4) is 17.0 Å². The van der Waals surface area contributed by atoms with E-state index >= 15 is 0 Å². The summed E-state index contributed by atoms with van der Waals surface area (Å²) >= 11 is 0. The van der Waals surface area contributed by atoms with Crippen LogP contribution in [0, 0.1) is 0 Å². The fourth-order valence-corrected chi connectivity index (χ4v) is 5.63. The van der Waals surface area contributed by atoms with Crippen molar-refractivity contribution < 1.29 is 72.7 Å². The lowest BCUT2D eigenvalue weighted by Crippen LogP contribution is -3.00. The van der Waals surface area contributed by atoms with Crippen LogP contribution in [-0.2, 0) is 13.1 Å². The van der Waals surface area contributed by atoms with Gasteiger partial charge in [-0.05, 0) is 12.1 Å². The summed E-state index contributed by atoms with van der Waals surface area (Å²) in [5.74, 6) is -0.172. The fourth-order valence-electron chi connectivity index (χ4n) is 5.63. The van der Waals surface area contributed by atoms with Crippen LogP contribution in [0.1, 0.15) is 0 Å². The number of nitrogens with one attached hydrogen (secondary N) is 1. The Morgan fingerprint density at radius 3 is 1.60 bits per heavy atom. The van der Waals surface area contributed by atoms with Gasteiger partial charge in [0.25, 0.3) is 16.7 Å². The Balaban J connectivity index is 0.00000600. The smallest absolute Gasteiger partial charge is 0.263 e. The standard InChI is InChI=1S/C34H54N8O4.4ClH/c1-39(2,3)17-13-35-25-21-23-28-27-24(32(44)37(33(45)29(25)27)15-19-41(7,8)9)22-26(36-14-18-40(4,5)6)30(28)34(46)38(31(23)43)16-20-42(10,11)12;;;;/h21-22H,13-20H2,1-12H3;4*1H/q+2;;;;/p-2. The lowest BCUT2D eigenvalue weighted by molar-refractivity contribution is -0.871. The molecule has 16 heteroatoms. The summed E-state index contributed by atoms with van der Waals surface area (Å²) in [5.41, 5.74) is 0.0972. The SMILES string of the molecule is C[N+](C)(C)CCN=c1cc2c(=O)n(CC[N+](C)(C)C)c(=O)c3c(NCC[N+](C)(C)C)cc4c(O)n(CC[N+](C)(C)C)c(=O)c1c4c3-2.[Cl-].[Cl-].[Cl-].[Cl-]. The van der Waals surface area contributed by atoms with Crippen molar-refractivity contribution in [3.63, 3.8) is 0 Å². The third-order valence-electron chi connectivity index (χ3n) is 8.41. The minimum absolute atomic E-state index is 0. The monoisotopic (exact) mass is 780 g/mol. The first-order chi connectivity index (χ1) is 21.0. The molecule has 2 N–H and O–H groups in total. The molecular formula is C34H56Cl4N8O4. The molecule has 284 valence electrons. The second kappa shape index (κ2) is 16.9. The average Bonchev–Trinajstić information content (AvgIpc) is 2.88. The van der Waals surface area contributed by atoms with Gasteiger partial charge in [0.15, 0.2) is 0 Å². The molecule has 1 aromatic heterocycles. The van der Waals surface area contributed by atoms with Gasteiger partial charge in [-0.15, -0.1) is 0 Å². The van der Waals surface area contributed by atoms with Gasteiger partial charge >= 0.3 is 0 Å². The van der Waals surface area contributed by atoms with Gasteiger partial charge in [0.2, 0.25) is 5.88 Å². The van der Waals surface area contributed by atoms with E-state index in [1.807, 2.05) is 42.3 Å². The highest BCUT2D eigenvalue weighted by Gasteiger charge is 2.30. The lowest BCUT2D eigenvalue weighted by atomic mass is 9.89. The Morgan fingerprint density at radius 1 is 0.620 bits per heavy atom. The highest BCUT2D eigenvalue weighted by Crippen LogP contribution is 2.40. The molecule has 0 fully saturated rings. The number of pyridine rings is 2. The van der Waals surface area contributed by atoms with E-state index in [9.17, 15) is 19.5 Å². The van der Waals surface area contributed by atoms with Crippen LogP contribution in [0.25, 0.3) is 32.7 Å². The Bertz CT molecular complexity index is 1950. The van der Waals surface area contributed by atoms with Gasteiger partial charge in [0.1, 0.15) is 0 Å². The predicted octanol–water partition coefficient (Wildman–Crippen LogP) is -11.5. The highest BCUT2D eigenvalue weighted by molar-refractivity contribution is 6.18. The molecule has 2 heterocycles. The van der Waals surface area contributed by atoms with Gasteiger partial charge in [0.05, 0.1) is 159 Å². The number of hydrogen-bond acceptors (Lipinski definition) is 6. The van der Waals surface area contributed by atoms with Crippen LogP contribution in [0.3, 0.4) is 0 Å². The average molecular weight is 783 g/mol. The van der Waals surface area contributed by atoms with Crippen LogP contribution in [0.15, 0.2) is 31.5 Å². The highest BCUT2D eigenvalue weighted by atomic mass is 35.5. The second-order valence-corrected chi connectivity index (χ2v) is 16.8. The molecule has 0 atom stereocenters. The summed E-state index contributed by atoms with van der Waals surface area (Å²) in [5, 5.41) is 17.2. The number of rotatable bonds is 13. The molecule has 0 amide bonds. The van der Waals surface area contributed by atoms with Crippen LogP contribution < -0.4 is 77.0 Å². The number of likely N-dealkylation sites (N-methyl/N-ethyl adjacent to an activating group) is 4. The Morgan fingerprint density at radius 2 is 1.10 bits per heavy atom. The quantitative estimate of drug-likeness (QED) is 0.104. The number of quaternary nitrogens is 4. The molecule has 2 aliphatic rings. The maximum Gasteiger partial charge on any atom is 0.263 e. The Labute approximate surface area is 320 Å². The van der Waals surface area contributed by atoms with Crippen LogP contribution in [-0.4, -0.2) is 156 Å². The minimum atomic E-state index is -0.408. The van der Waals surface area contributed by atoms with Crippen molar-refractivity contribution in [3.05, 3.63) is 48.6 Å². The molecule has 1 aromatic carbocycles. The third-order valence-corrected chi connectivity index (χ3v) is 8.41. The molecule has 0 spiro atoms. The van der Waals surface area contributed by atoms with Crippen LogP contribution in [0.2, 0.25) is 0 Å². The second-order valence-electron chi connectivity index (χ2n) is 16.8. The summed E-state index contributed by atoms with van der Waals surface area (Å²) in [6.07, 6.45) is 0.